The molecule has 0 spiro atoms. The van der Waals surface area contributed by atoms with Gasteiger partial charge in [0.1, 0.15) is 0 Å². The quantitative estimate of drug-likeness (QED) is 0.262. The lowest BCUT2D eigenvalue weighted by Crippen LogP contribution is -2.38. The Morgan fingerprint density at radius 1 is 1.29 bits per heavy atom. The molecule has 0 aliphatic heterocycles. The fourth-order valence-electron chi connectivity index (χ4n) is 2.40. The molecule has 0 unspecified atom stereocenters. The summed E-state index contributed by atoms with van der Waals surface area (Å²) in [6, 6.07) is 2.21. The maximum absolute atomic E-state index is 12.3. The van der Waals surface area contributed by atoms with E-state index in [9.17, 15) is 23.2 Å². The Kier molecular flexibility index (Phi) is 4.26. The summed E-state index contributed by atoms with van der Waals surface area (Å²) >= 11 is 0. The lowest BCUT2D eigenvalue weighted by Gasteiger charge is -2.11. The second-order valence-electron chi connectivity index (χ2n) is 4.85. The standard InChI is InChI=1S/C13H15NO6S/c1-20-13(16)12(15)9-6-7-11(14(17)8-9)21(18,19)10-4-2-3-5-10/h6-8,10H,2-5H2,1H3. The van der Waals surface area contributed by atoms with Gasteiger partial charge in [0.05, 0.1) is 17.9 Å². The Labute approximate surface area is 122 Å². The van der Waals surface area contributed by atoms with Crippen LogP contribution in [0.3, 0.4) is 0 Å². The molecule has 0 radical (unpaired) electrons. The zero-order valence-electron chi connectivity index (χ0n) is 11.4. The molecule has 1 heterocycles. The summed E-state index contributed by atoms with van der Waals surface area (Å²) in [7, 11) is -2.67. The van der Waals surface area contributed by atoms with E-state index in [2.05, 4.69) is 4.74 Å². The number of pyridine rings is 1. The van der Waals surface area contributed by atoms with Crippen molar-refractivity contribution in [1.82, 2.24) is 0 Å². The zero-order valence-corrected chi connectivity index (χ0v) is 12.3. The smallest absolute Gasteiger partial charge is 0.379 e. The molecule has 8 heteroatoms. The third kappa shape index (κ3) is 2.90. The van der Waals surface area contributed by atoms with E-state index < -0.39 is 31.9 Å². The monoisotopic (exact) mass is 313 g/mol. The van der Waals surface area contributed by atoms with Gasteiger partial charge in [-0.2, -0.15) is 4.73 Å². The lowest BCUT2D eigenvalue weighted by atomic mass is 10.2. The van der Waals surface area contributed by atoms with Crippen LogP contribution in [0.25, 0.3) is 0 Å². The Balaban J connectivity index is 2.36. The van der Waals surface area contributed by atoms with E-state index in [0.29, 0.717) is 12.8 Å². The summed E-state index contributed by atoms with van der Waals surface area (Å²) in [5, 5.41) is 10.9. The SMILES string of the molecule is COC(=O)C(=O)c1ccc(S(=O)(=O)C2CCCC2)[n+]([O-])c1. The molecule has 1 aromatic heterocycles. The third-order valence-corrected chi connectivity index (χ3v) is 5.79. The molecule has 0 saturated heterocycles. The highest BCUT2D eigenvalue weighted by Crippen LogP contribution is 2.28. The molecule has 0 N–H and O–H groups in total. The van der Waals surface area contributed by atoms with Gasteiger partial charge in [0.15, 0.2) is 6.20 Å². The van der Waals surface area contributed by atoms with E-state index in [1.807, 2.05) is 0 Å². The summed E-state index contributed by atoms with van der Waals surface area (Å²) < 4.78 is 29.1. The number of hydrogen-bond acceptors (Lipinski definition) is 6. The van der Waals surface area contributed by atoms with Crippen molar-refractivity contribution in [2.45, 2.75) is 36.0 Å². The Morgan fingerprint density at radius 2 is 1.90 bits per heavy atom. The number of Topliss-reactive ketones (excluding diaryl/α,β-unsaturated/α-hetero) is 1. The predicted molar refractivity (Wildman–Crippen MR) is 71.2 cm³/mol. The van der Waals surface area contributed by atoms with Gasteiger partial charge in [-0.3, -0.25) is 4.79 Å². The summed E-state index contributed by atoms with van der Waals surface area (Å²) in [6.45, 7) is 0. The van der Waals surface area contributed by atoms with Gasteiger partial charge in [0.2, 0.25) is 9.84 Å². The molecule has 0 atom stereocenters. The van der Waals surface area contributed by atoms with Gasteiger partial charge < -0.3 is 9.94 Å². The van der Waals surface area contributed by atoms with Crippen LogP contribution in [0.15, 0.2) is 23.4 Å². The molecule has 1 aliphatic rings. The lowest BCUT2D eigenvalue weighted by molar-refractivity contribution is -0.646. The second kappa shape index (κ2) is 5.80. The van der Waals surface area contributed by atoms with Gasteiger partial charge >= 0.3 is 11.0 Å². The molecule has 0 aromatic carbocycles. The third-order valence-electron chi connectivity index (χ3n) is 3.54. The number of carbonyl (C=O) groups is 2. The van der Waals surface area contributed by atoms with Crippen LogP contribution < -0.4 is 4.73 Å². The molecule has 21 heavy (non-hydrogen) atoms. The summed E-state index contributed by atoms with van der Waals surface area (Å²) in [5.74, 6) is -2.10. The largest absolute Gasteiger partial charge is 0.618 e. The molecule has 7 nitrogen and oxygen atoms in total. The zero-order chi connectivity index (χ0) is 15.6. The molecule has 1 aliphatic carbocycles. The summed E-state index contributed by atoms with van der Waals surface area (Å²) in [5.41, 5.74) is -0.206. The minimum atomic E-state index is -3.71. The van der Waals surface area contributed by atoms with E-state index in [0.717, 1.165) is 38.3 Å². The first kappa shape index (κ1) is 15.4. The summed E-state index contributed by atoms with van der Waals surface area (Å²) in [6.07, 6.45) is 3.50. The second-order valence-corrected chi connectivity index (χ2v) is 7.03. The van der Waals surface area contributed by atoms with Gasteiger partial charge in [-0.1, -0.05) is 12.8 Å². The van der Waals surface area contributed by atoms with Crippen LogP contribution in [0.4, 0.5) is 0 Å². The fraction of sp³-hybridized carbons (Fsp3) is 0.462. The molecule has 0 amide bonds. The van der Waals surface area contributed by atoms with Crippen LogP contribution in [0.2, 0.25) is 0 Å². The topological polar surface area (TPSA) is 104 Å². The number of nitrogens with zero attached hydrogens (tertiary/aromatic N) is 1. The fourth-order valence-corrected chi connectivity index (χ4v) is 4.26. The maximum atomic E-state index is 12.3. The Hall–Kier alpha value is -1.96. The molecule has 2 rings (SSSR count). The number of carbonyl (C=O) groups excluding carboxylic acids is 2. The van der Waals surface area contributed by atoms with E-state index in [1.165, 1.54) is 0 Å². The molecular formula is C13H15NO6S. The van der Waals surface area contributed by atoms with Crippen molar-refractivity contribution in [2.75, 3.05) is 7.11 Å². The van der Waals surface area contributed by atoms with Crippen molar-refractivity contribution in [3.8, 4) is 0 Å². The number of methoxy groups -OCH3 is 1. The first-order valence-corrected chi connectivity index (χ1v) is 8.02. The molecule has 114 valence electrons. The van der Waals surface area contributed by atoms with Gasteiger partial charge in [-0.05, 0) is 18.9 Å². The number of sulfone groups is 1. The van der Waals surface area contributed by atoms with Crippen molar-refractivity contribution >= 4 is 21.6 Å². The Bertz CT molecular complexity index is 676. The highest BCUT2D eigenvalue weighted by atomic mass is 32.2. The highest BCUT2D eigenvalue weighted by molar-refractivity contribution is 7.91. The van der Waals surface area contributed by atoms with Crippen LogP contribution in [-0.4, -0.2) is 32.5 Å². The molecule has 1 saturated carbocycles. The van der Waals surface area contributed by atoms with E-state index >= 15 is 0 Å². The average molecular weight is 313 g/mol. The normalized spacial score (nSPS) is 15.9. The number of aromatic nitrogens is 1. The highest BCUT2D eigenvalue weighted by Gasteiger charge is 2.36. The minimum Gasteiger partial charge on any atom is -0.618 e. The van der Waals surface area contributed by atoms with Crippen LogP contribution in [0.5, 0.6) is 0 Å². The molecule has 1 fully saturated rings. The van der Waals surface area contributed by atoms with Crippen LogP contribution >= 0.6 is 0 Å². The van der Waals surface area contributed by atoms with Gasteiger partial charge in [0, 0.05) is 6.07 Å². The van der Waals surface area contributed by atoms with E-state index in [4.69, 9.17) is 0 Å². The van der Waals surface area contributed by atoms with Gasteiger partial charge in [-0.25, -0.2) is 13.2 Å². The first-order valence-electron chi connectivity index (χ1n) is 6.47. The van der Waals surface area contributed by atoms with Crippen LogP contribution in [0.1, 0.15) is 36.0 Å². The van der Waals surface area contributed by atoms with Crippen molar-refractivity contribution < 1.29 is 27.5 Å². The van der Waals surface area contributed by atoms with Crippen molar-refractivity contribution in [3.63, 3.8) is 0 Å². The Morgan fingerprint density at radius 3 is 2.43 bits per heavy atom. The minimum absolute atomic E-state index is 0.129. The maximum Gasteiger partial charge on any atom is 0.379 e. The molecule has 1 aromatic rings. The summed E-state index contributed by atoms with van der Waals surface area (Å²) in [4.78, 5) is 22.7. The number of ketones is 1. The van der Waals surface area contributed by atoms with E-state index in [1.54, 1.807) is 0 Å². The van der Waals surface area contributed by atoms with Gasteiger partial charge in [-0.15, -0.1) is 0 Å². The van der Waals surface area contributed by atoms with Crippen molar-refractivity contribution in [2.24, 2.45) is 0 Å². The van der Waals surface area contributed by atoms with Crippen LogP contribution in [0, 0.1) is 5.21 Å². The van der Waals surface area contributed by atoms with Crippen molar-refractivity contribution in [3.05, 3.63) is 29.1 Å². The van der Waals surface area contributed by atoms with Crippen LogP contribution in [-0.2, 0) is 19.4 Å². The van der Waals surface area contributed by atoms with Gasteiger partial charge in [0.25, 0.3) is 5.78 Å². The van der Waals surface area contributed by atoms with Crippen molar-refractivity contribution in [1.29, 1.82) is 0 Å². The average Bonchev–Trinajstić information content (AvgIpc) is 3.00. The number of esters is 1. The predicted octanol–water partition coefficient (Wildman–Crippen LogP) is 0.392. The molecular weight excluding hydrogens is 298 g/mol. The number of ether oxygens (including phenoxy) is 1. The first-order chi connectivity index (χ1) is 9.87. The molecule has 0 bridgehead atoms. The number of hydrogen-bond donors (Lipinski definition) is 0. The van der Waals surface area contributed by atoms with E-state index in [-0.39, 0.29) is 10.3 Å². The number of rotatable bonds is 4.